The fourth-order valence-corrected chi connectivity index (χ4v) is 4.03. The first-order valence-corrected chi connectivity index (χ1v) is 8.44. The van der Waals surface area contributed by atoms with Crippen LogP contribution in [0.4, 0.5) is 0 Å². The Kier molecular flexibility index (Phi) is 3.96. The minimum absolute atomic E-state index is 0.730. The number of hydrogen-bond acceptors (Lipinski definition) is 2. The van der Waals surface area contributed by atoms with Gasteiger partial charge in [0.25, 0.3) is 0 Å². The van der Waals surface area contributed by atoms with Crippen LogP contribution >= 0.6 is 0 Å². The predicted molar refractivity (Wildman–Crippen MR) is 90.5 cm³/mol. The average molecular weight is 292 g/mol. The summed E-state index contributed by atoms with van der Waals surface area (Å²) in [6.07, 6.45) is 2.73. The van der Waals surface area contributed by atoms with Gasteiger partial charge in [-0.2, -0.15) is 0 Å². The highest BCUT2D eigenvalue weighted by molar-refractivity contribution is 5.17. The summed E-state index contributed by atoms with van der Waals surface area (Å²) < 4.78 is 0. The van der Waals surface area contributed by atoms with Gasteiger partial charge in [-0.1, -0.05) is 60.7 Å². The van der Waals surface area contributed by atoms with Gasteiger partial charge in [-0.3, -0.25) is 9.80 Å². The fraction of sp³-hybridized carbons (Fsp3) is 0.400. The first-order valence-electron chi connectivity index (χ1n) is 8.44. The summed E-state index contributed by atoms with van der Waals surface area (Å²) in [5.74, 6) is 0. The molecule has 2 atom stereocenters. The van der Waals surface area contributed by atoms with E-state index in [0.29, 0.717) is 0 Å². The van der Waals surface area contributed by atoms with E-state index in [9.17, 15) is 0 Å². The third kappa shape index (κ3) is 2.94. The van der Waals surface area contributed by atoms with Crippen molar-refractivity contribution in [1.82, 2.24) is 9.80 Å². The lowest BCUT2D eigenvalue weighted by molar-refractivity contribution is -0.0293. The molecule has 2 heteroatoms. The minimum Gasteiger partial charge on any atom is -0.293 e. The number of nitrogens with zero attached hydrogens (tertiary/aromatic N) is 2. The van der Waals surface area contributed by atoms with E-state index in [1.165, 1.54) is 37.1 Å². The van der Waals surface area contributed by atoms with Gasteiger partial charge in [0.1, 0.15) is 0 Å². The Balaban J connectivity index is 1.41. The molecule has 0 spiro atoms. The summed E-state index contributed by atoms with van der Waals surface area (Å²) in [4.78, 5) is 5.40. The predicted octanol–water partition coefficient (Wildman–Crippen LogP) is 3.54. The van der Waals surface area contributed by atoms with E-state index < -0.39 is 0 Å². The van der Waals surface area contributed by atoms with Gasteiger partial charge in [0.15, 0.2) is 0 Å². The highest BCUT2D eigenvalue weighted by Gasteiger charge is 2.38. The largest absolute Gasteiger partial charge is 0.293 e. The Morgan fingerprint density at radius 1 is 0.636 bits per heavy atom. The average Bonchev–Trinajstić information content (AvgIpc) is 2.58. The van der Waals surface area contributed by atoms with Gasteiger partial charge in [-0.25, -0.2) is 0 Å². The summed E-state index contributed by atoms with van der Waals surface area (Å²) in [6.45, 7) is 4.68. The molecule has 114 valence electrons. The Morgan fingerprint density at radius 2 is 1.05 bits per heavy atom. The third-order valence-corrected chi connectivity index (χ3v) is 5.21. The lowest BCUT2D eigenvalue weighted by atomic mass is 9.90. The van der Waals surface area contributed by atoms with Crippen LogP contribution in [0.1, 0.15) is 24.0 Å². The number of hydrogen-bond donors (Lipinski definition) is 0. The summed E-state index contributed by atoms with van der Waals surface area (Å²) in [6, 6.07) is 23.3. The van der Waals surface area contributed by atoms with E-state index in [4.69, 9.17) is 0 Å². The summed E-state index contributed by atoms with van der Waals surface area (Å²) >= 11 is 0. The molecule has 0 unspecified atom stereocenters. The standard InChI is InChI=1S/C20H24N2/c1-3-7-17(8-4-1)13-21-15-20-12-11-19(21)16-22(20)14-18-9-5-2-6-10-18/h1-10,19-20H,11-16H2/t19-,20+. The molecule has 0 amide bonds. The maximum Gasteiger partial charge on any atom is 0.0237 e. The number of piperazine rings is 1. The van der Waals surface area contributed by atoms with Crippen LogP contribution in [-0.4, -0.2) is 35.0 Å². The molecule has 0 radical (unpaired) electrons. The fourth-order valence-electron chi connectivity index (χ4n) is 4.03. The van der Waals surface area contributed by atoms with Gasteiger partial charge >= 0.3 is 0 Å². The van der Waals surface area contributed by atoms with Crippen LogP contribution in [0.2, 0.25) is 0 Å². The van der Waals surface area contributed by atoms with Crippen molar-refractivity contribution >= 4 is 0 Å². The van der Waals surface area contributed by atoms with Gasteiger partial charge in [0, 0.05) is 38.3 Å². The van der Waals surface area contributed by atoms with Crippen molar-refractivity contribution in [2.75, 3.05) is 13.1 Å². The number of piperidine rings is 2. The smallest absolute Gasteiger partial charge is 0.0237 e. The van der Waals surface area contributed by atoms with E-state index in [-0.39, 0.29) is 0 Å². The zero-order chi connectivity index (χ0) is 14.8. The Morgan fingerprint density at radius 3 is 1.41 bits per heavy atom. The zero-order valence-electron chi connectivity index (χ0n) is 13.1. The van der Waals surface area contributed by atoms with Crippen LogP contribution in [-0.2, 0) is 13.1 Å². The second-order valence-corrected chi connectivity index (χ2v) is 6.72. The molecule has 22 heavy (non-hydrogen) atoms. The van der Waals surface area contributed by atoms with Crippen molar-refractivity contribution in [3.05, 3.63) is 71.8 Å². The van der Waals surface area contributed by atoms with E-state index in [0.717, 1.165) is 25.2 Å². The van der Waals surface area contributed by atoms with Crippen molar-refractivity contribution < 1.29 is 0 Å². The molecule has 3 aliphatic rings. The summed E-state index contributed by atoms with van der Waals surface area (Å²) in [7, 11) is 0. The molecule has 2 nitrogen and oxygen atoms in total. The van der Waals surface area contributed by atoms with Crippen LogP contribution in [0.25, 0.3) is 0 Å². The van der Waals surface area contributed by atoms with Gasteiger partial charge in [-0.15, -0.1) is 0 Å². The van der Waals surface area contributed by atoms with Crippen molar-refractivity contribution in [3.8, 4) is 0 Å². The highest BCUT2D eigenvalue weighted by atomic mass is 15.3. The third-order valence-electron chi connectivity index (χ3n) is 5.21. The molecule has 5 rings (SSSR count). The topological polar surface area (TPSA) is 6.48 Å². The van der Waals surface area contributed by atoms with Crippen LogP contribution < -0.4 is 0 Å². The number of rotatable bonds is 4. The quantitative estimate of drug-likeness (QED) is 0.850. The van der Waals surface area contributed by atoms with E-state index in [1.54, 1.807) is 0 Å². The minimum atomic E-state index is 0.730. The van der Waals surface area contributed by atoms with Crippen molar-refractivity contribution in [3.63, 3.8) is 0 Å². The molecule has 0 aromatic heterocycles. The summed E-state index contributed by atoms with van der Waals surface area (Å²) in [5.41, 5.74) is 2.90. The molecule has 0 aliphatic carbocycles. The molecule has 3 saturated heterocycles. The number of benzene rings is 2. The molecule has 3 heterocycles. The van der Waals surface area contributed by atoms with Crippen LogP contribution in [0.15, 0.2) is 60.7 Å². The second-order valence-electron chi connectivity index (χ2n) is 6.72. The maximum atomic E-state index is 2.70. The van der Waals surface area contributed by atoms with Crippen LogP contribution in [0, 0.1) is 0 Å². The SMILES string of the molecule is c1ccc(CN2C[C@@H]3CC[C@@H]2CN3Cc2ccccc2)cc1. The molecule has 2 aromatic carbocycles. The lowest BCUT2D eigenvalue weighted by Crippen LogP contribution is -2.61. The normalized spacial score (nSPS) is 25.5. The first-order chi connectivity index (χ1) is 10.9. The molecule has 3 aliphatic heterocycles. The molecule has 2 bridgehead atoms. The lowest BCUT2D eigenvalue weighted by Gasteiger charge is -2.51. The molecule has 0 N–H and O–H groups in total. The Labute approximate surface area is 133 Å². The van der Waals surface area contributed by atoms with Crippen LogP contribution in [0.5, 0.6) is 0 Å². The maximum absolute atomic E-state index is 2.70. The van der Waals surface area contributed by atoms with Gasteiger partial charge < -0.3 is 0 Å². The summed E-state index contributed by atoms with van der Waals surface area (Å²) in [5, 5.41) is 0. The van der Waals surface area contributed by atoms with Crippen molar-refractivity contribution in [2.45, 2.75) is 38.0 Å². The monoisotopic (exact) mass is 292 g/mol. The second kappa shape index (κ2) is 6.23. The Bertz CT molecular complexity index is 540. The molecular weight excluding hydrogens is 268 g/mol. The Hall–Kier alpha value is -1.64. The van der Waals surface area contributed by atoms with Gasteiger partial charge in [0.05, 0.1) is 0 Å². The molecule has 0 saturated carbocycles. The molecule has 2 aromatic rings. The zero-order valence-corrected chi connectivity index (χ0v) is 13.1. The van der Waals surface area contributed by atoms with E-state index >= 15 is 0 Å². The van der Waals surface area contributed by atoms with Gasteiger partial charge in [-0.05, 0) is 24.0 Å². The first kappa shape index (κ1) is 14.0. The van der Waals surface area contributed by atoms with Crippen molar-refractivity contribution in [1.29, 1.82) is 0 Å². The molecule has 3 fully saturated rings. The van der Waals surface area contributed by atoms with Gasteiger partial charge in [0.2, 0.25) is 0 Å². The van der Waals surface area contributed by atoms with Crippen LogP contribution in [0.3, 0.4) is 0 Å². The van der Waals surface area contributed by atoms with E-state index in [2.05, 4.69) is 70.5 Å². The number of fused-ring (bicyclic) bond motifs is 3. The molecular formula is C20H24N2. The van der Waals surface area contributed by atoms with Crippen molar-refractivity contribution in [2.24, 2.45) is 0 Å². The van der Waals surface area contributed by atoms with E-state index in [1.807, 2.05) is 0 Å². The highest BCUT2D eigenvalue weighted by Crippen LogP contribution is 2.31.